The van der Waals surface area contributed by atoms with Crippen LogP contribution in [0.25, 0.3) is 0 Å². The van der Waals surface area contributed by atoms with Crippen LogP contribution in [0.3, 0.4) is 0 Å². The van der Waals surface area contributed by atoms with Crippen molar-refractivity contribution in [3.8, 4) is 0 Å². The van der Waals surface area contributed by atoms with E-state index in [9.17, 15) is 9.18 Å². The van der Waals surface area contributed by atoms with Crippen molar-refractivity contribution in [2.24, 2.45) is 0 Å². The molecule has 0 aliphatic heterocycles. The first-order chi connectivity index (χ1) is 7.63. The molecule has 1 amide bonds. The molecule has 0 spiro atoms. The molecule has 1 N–H and O–H groups in total. The molecule has 1 rings (SSSR count). The van der Waals surface area contributed by atoms with Crippen molar-refractivity contribution in [3.05, 3.63) is 35.6 Å². The largest absolute Gasteiger partial charge is 0.351 e. The highest BCUT2D eigenvalue weighted by molar-refractivity contribution is 9.10. The molecular weight excluding hydrogens is 341 g/mol. The molecule has 88 valence electrons. The molecule has 1 aromatic carbocycles. The van der Waals surface area contributed by atoms with Gasteiger partial charge >= 0.3 is 0 Å². The van der Waals surface area contributed by atoms with E-state index < -0.39 is 0 Å². The van der Waals surface area contributed by atoms with Gasteiger partial charge in [0, 0.05) is 11.9 Å². The van der Waals surface area contributed by atoms with Crippen LogP contribution in [0.5, 0.6) is 0 Å². The Morgan fingerprint density at radius 1 is 1.38 bits per heavy atom. The average molecular weight is 353 g/mol. The van der Waals surface area contributed by atoms with Gasteiger partial charge in [0.2, 0.25) is 5.91 Å². The van der Waals surface area contributed by atoms with E-state index in [1.165, 1.54) is 12.1 Å². The highest BCUT2D eigenvalue weighted by Gasteiger charge is 2.12. The molecule has 0 saturated heterocycles. The fourth-order valence-electron chi connectivity index (χ4n) is 1.13. The minimum absolute atomic E-state index is 0.0521. The van der Waals surface area contributed by atoms with Crippen LogP contribution in [-0.2, 0) is 11.3 Å². The highest BCUT2D eigenvalue weighted by atomic mass is 79.9. The quantitative estimate of drug-likeness (QED) is 0.811. The minimum Gasteiger partial charge on any atom is -0.351 e. The fraction of sp³-hybridized carbons (Fsp3) is 0.364. The van der Waals surface area contributed by atoms with Crippen LogP contribution in [0.15, 0.2) is 24.3 Å². The molecule has 1 unspecified atom stereocenters. The first kappa shape index (κ1) is 13.6. The first-order valence-electron chi connectivity index (χ1n) is 4.85. The van der Waals surface area contributed by atoms with Crippen LogP contribution in [0, 0.1) is 5.82 Å². The second-order valence-corrected chi connectivity index (χ2v) is 5.19. The lowest BCUT2D eigenvalue weighted by Crippen LogP contribution is -2.30. The van der Waals surface area contributed by atoms with Crippen LogP contribution in [0.2, 0.25) is 0 Å². The second kappa shape index (κ2) is 7.01. The summed E-state index contributed by atoms with van der Waals surface area (Å²) < 4.78 is 12.6. The van der Waals surface area contributed by atoms with Crippen molar-refractivity contribution in [1.82, 2.24) is 5.32 Å². The molecule has 0 heterocycles. The summed E-state index contributed by atoms with van der Waals surface area (Å²) >= 11 is 6.56. The summed E-state index contributed by atoms with van der Waals surface area (Å²) in [4.78, 5) is 11.3. The zero-order valence-electron chi connectivity index (χ0n) is 8.55. The van der Waals surface area contributed by atoms with Gasteiger partial charge in [-0.05, 0) is 24.1 Å². The number of rotatable bonds is 5. The Bertz CT molecular complexity index is 342. The van der Waals surface area contributed by atoms with Crippen LogP contribution in [0.1, 0.15) is 12.0 Å². The molecule has 1 aromatic rings. The lowest BCUT2D eigenvalue weighted by molar-refractivity contribution is -0.120. The monoisotopic (exact) mass is 351 g/mol. The molecule has 5 heteroatoms. The number of amides is 1. The zero-order chi connectivity index (χ0) is 12.0. The van der Waals surface area contributed by atoms with Crippen molar-refractivity contribution >= 4 is 37.8 Å². The van der Waals surface area contributed by atoms with E-state index in [4.69, 9.17) is 0 Å². The Hall–Kier alpha value is -0.420. The topological polar surface area (TPSA) is 29.1 Å². The predicted molar refractivity (Wildman–Crippen MR) is 69.4 cm³/mol. The summed E-state index contributed by atoms with van der Waals surface area (Å²) in [6, 6.07) is 6.07. The van der Waals surface area contributed by atoms with Crippen LogP contribution >= 0.6 is 31.9 Å². The van der Waals surface area contributed by atoms with Gasteiger partial charge in [-0.15, -0.1) is 0 Å². The normalized spacial score (nSPS) is 12.2. The van der Waals surface area contributed by atoms with E-state index in [0.717, 1.165) is 17.3 Å². The Morgan fingerprint density at radius 3 is 2.56 bits per heavy atom. The Kier molecular flexibility index (Phi) is 5.98. The van der Waals surface area contributed by atoms with Gasteiger partial charge in [-0.2, -0.15) is 0 Å². The van der Waals surface area contributed by atoms with E-state index >= 15 is 0 Å². The van der Waals surface area contributed by atoms with Gasteiger partial charge in [0.15, 0.2) is 0 Å². The number of hydrogen-bond donors (Lipinski definition) is 1. The Labute approximate surface area is 111 Å². The molecular formula is C11H12Br2FNO. The molecule has 2 nitrogen and oxygen atoms in total. The molecule has 0 aliphatic carbocycles. The number of carbonyl (C=O) groups excluding carboxylic acids is 1. The van der Waals surface area contributed by atoms with Gasteiger partial charge in [0.25, 0.3) is 0 Å². The summed E-state index contributed by atoms with van der Waals surface area (Å²) in [5, 5.41) is 3.54. The Morgan fingerprint density at radius 2 is 2.00 bits per heavy atom. The number of benzene rings is 1. The van der Waals surface area contributed by atoms with E-state index in [2.05, 4.69) is 37.2 Å². The van der Waals surface area contributed by atoms with E-state index in [1.54, 1.807) is 12.1 Å². The SMILES string of the molecule is O=C(NCc1ccc(F)cc1)C(Br)CCBr. The first-order valence-corrected chi connectivity index (χ1v) is 6.89. The summed E-state index contributed by atoms with van der Waals surface area (Å²) in [6.45, 7) is 0.420. The summed E-state index contributed by atoms with van der Waals surface area (Å²) in [7, 11) is 0. The highest BCUT2D eigenvalue weighted by Crippen LogP contribution is 2.08. The Balaban J connectivity index is 2.39. The third-order valence-corrected chi connectivity index (χ3v) is 3.36. The van der Waals surface area contributed by atoms with Gasteiger partial charge in [-0.3, -0.25) is 4.79 Å². The number of carbonyl (C=O) groups is 1. The van der Waals surface area contributed by atoms with E-state index in [1.807, 2.05) is 0 Å². The summed E-state index contributed by atoms with van der Waals surface area (Å²) in [6.07, 6.45) is 0.731. The minimum atomic E-state index is -0.271. The number of halogens is 3. The lowest BCUT2D eigenvalue weighted by Gasteiger charge is -2.09. The van der Waals surface area contributed by atoms with E-state index in [-0.39, 0.29) is 16.6 Å². The maximum absolute atomic E-state index is 12.6. The van der Waals surface area contributed by atoms with Gasteiger partial charge in [0.1, 0.15) is 5.82 Å². The van der Waals surface area contributed by atoms with Crippen LogP contribution < -0.4 is 5.32 Å². The number of alkyl halides is 2. The van der Waals surface area contributed by atoms with Crippen molar-refractivity contribution in [1.29, 1.82) is 0 Å². The van der Waals surface area contributed by atoms with Gasteiger partial charge in [-0.25, -0.2) is 4.39 Å². The van der Waals surface area contributed by atoms with Crippen LogP contribution in [0.4, 0.5) is 4.39 Å². The van der Waals surface area contributed by atoms with Crippen molar-refractivity contribution in [2.75, 3.05) is 5.33 Å². The summed E-state index contributed by atoms with van der Waals surface area (Å²) in [5.74, 6) is -0.323. The number of nitrogens with one attached hydrogen (secondary N) is 1. The molecule has 0 aromatic heterocycles. The maximum Gasteiger partial charge on any atom is 0.234 e. The van der Waals surface area contributed by atoms with Gasteiger partial charge < -0.3 is 5.32 Å². The standard InChI is InChI=1S/C11H12Br2FNO/c12-6-5-10(13)11(16)15-7-8-1-3-9(14)4-2-8/h1-4,10H,5-7H2,(H,15,16). The van der Waals surface area contributed by atoms with Crippen molar-refractivity contribution < 1.29 is 9.18 Å². The zero-order valence-corrected chi connectivity index (χ0v) is 11.7. The van der Waals surface area contributed by atoms with Crippen molar-refractivity contribution in [3.63, 3.8) is 0 Å². The maximum atomic E-state index is 12.6. The molecule has 0 fully saturated rings. The van der Waals surface area contributed by atoms with Crippen molar-refractivity contribution in [2.45, 2.75) is 17.8 Å². The second-order valence-electron chi connectivity index (χ2n) is 3.29. The molecule has 0 aliphatic rings. The molecule has 0 bridgehead atoms. The predicted octanol–water partition coefficient (Wildman–Crippen LogP) is 2.99. The average Bonchev–Trinajstić information content (AvgIpc) is 2.28. The molecule has 0 radical (unpaired) electrons. The smallest absolute Gasteiger partial charge is 0.234 e. The summed E-state index contributed by atoms with van der Waals surface area (Å²) in [5.41, 5.74) is 0.883. The third-order valence-electron chi connectivity index (χ3n) is 2.03. The van der Waals surface area contributed by atoms with E-state index in [0.29, 0.717) is 6.54 Å². The molecule has 0 saturated carbocycles. The molecule has 16 heavy (non-hydrogen) atoms. The van der Waals surface area contributed by atoms with Crippen LogP contribution in [-0.4, -0.2) is 16.1 Å². The third kappa shape index (κ3) is 4.61. The fourth-order valence-corrected chi connectivity index (χ4v) is 2.59. The lowest BCUT2D eigenvalue weighted by atomic mass is 10.2. The van der Waals surface area contributed by atoms with Gasteiger partial charge in [0.05, 0.1) is 4.83 Å². The number of hydrogen-bond acceptors (Lipinski definition) is 1. The van der Waals surface area contributed by atoms with Gasteiger partial charge in [-0.1, -0.05) is 44.0 Å². The molecule has 1 atom stereocenters.